The second-order valence-electron chi connectivity index (χ2n) is 4.38. The van der Waals surface area contributed by atoms with Gasteiger partial charge >= 0.3 is 0 Å². The number of rotatable bonds is 5. The lowest BCUT2D eigenvalue weighted by Gasteiger charge is -2.17. The first kappa shape index (κ1) is 12.6. The van der Waals surface area contributed by atoms with Crippen molar-refractivity contribution >= 4 is 0 Å². The number of aryl methyl sites for hydroxylation is 1. The molecule has 1 unspecified atom stereocenters. The minimum atomic E-state index is 0.292. The van der Waals surface area contributed by atoms with Crippen molar-refractivity contribution in [3.63, 3.8) is 0 Å². The van der Waals surface area contributed by atoms with Crippen LogP contribution in [-0.2, 0) is 13.6 Å². The van der Waals surface area contributed by atoms with E-state index in [0.717, 1.165) is 18.7 Å². The van der Waals surface area contributed by atoms with E-state index in [-0.39, 0.29) is 0 Å². The van der Waals surface area contributed by atoms with Gasteiger partial charge < -0.3 is 10.4 Å². The topological polar surface area (TPSA) is 50.1 Å². The summed E-state index contributed by atoms with van der Waals surface area (Å²) in [5.41, 5.74) is 2.35. The molecule has 2 N–H and O–H groups in total. The molecule has 2 rings (SSSR count). The van der Waals surface area contributed by atoms with Gasteiger partial charge in [-0.1, -0.05) is 19.1 Å². The monoisotopic (exact) mass is 245 g/mol. The zero-order chi connectivity index (χ0) is 13.0. The molecule has 0 amide bonds. The minimum absolute atomic E-state index is 0.292. The number of aromatic nitrogens is 2. The van der Waals surface area contributed by atoms with E-state index in [1.165, 1.54) is 5.56 Å². The van der Waals surface area contributed by atoms with Gasteiger partial charge in [0.05, 0.1) is 5.69 Å². The number of aromatic hydroxyl groups is 1. The number of nitrogens with one attached hydrogen (secondary N) is 1. The van der Waals surface area contributed by atoms with Crippen LogP contribution in [-0.4, -0.2) is 14.9 Å². The molecule has 2 aromatic rings. The molecular formula is C14H19N3O. The van der Waals surface area contributed by atoms with Gasteiger partial charge in [-0.25, -0.2) is 0 Å². The van der Waals surface area contributed by atoms with Crippen molar-refractivity contribution in [3.8, 4) is 5.75 Å². The Labute approximate surface area is 107 Å². The van der Waals surface area contributed by atoms with Crippen molar-refractivity contribution in [2.45, 2.75) is 25.9 Å². The summed E-state index contributed by atoms with van der Waals surface area (Å²) in [7, 11) is 1.94. The number of hydrogen-bond donors (Lipinski definition) is 2. The lowest BCUT2D eigenvalue weighted by atomic mass is 10.0. The van der Waals surface area contributed by atoms with E-state index in [0.29, 0.717) is 11.8 Å². The lowest BCUT2D eigenvalue weighted by Crippen LogP contribution is -2.21. The first-order valence-electron chi connectivity index (χ1n) is 6.20. The summed E-state index contributed by atoms with van der Waals surface area (Å²) in [6, 6.07) is 9.67. The van der Waals surface area contributed by atoms with E-state index >= 15 is 0 Å². The molecule has 0 fully saturated rings. The van der Waals surface area contributed by atoms with Gasteiger partial charge in [0.25, 0.3) is 0 Å². The lowest BCUT2D eigenvalue weighted by molar-refractivity contribution is 0.472. The fraction of sp³-hybridized carbons (Fsp3) is 0.357. The van der Waals surface area contributed by atoms with Gasteiger partial charge in [-0.05, 0) is 30.2 Å². The second kappa shape index (κ2) is 5.69. The van der Waals surface area contributed by atoms with Gasteiger partial charge in [0.1, 0.15) is 5.75 Å². The van der Waals surface area contributed by atoms with Gasteiger partial charge in [0.15, 0.2) is 0 Å². The largest absolute Gasteiger partial charge is 0.508 e. The van der Waals surface area contributed by atoms with Crippen LogP contribution >= 0.6 is 0 Å². The molecule has 0 spiro atoms. The van der Waals surface area contributed by atoms with Crippen molar-refractivity contribution in [2.24, 2.45) is 7.05 Å². The first-order valence-corrected chi connectivity index (χ1v) is 6.20. The highest BCUT2D eigenvalue weighted by Crippen LogP contribution is 2.19. The van der Waals surface area contributed by atoms with Crippen LogP contribution in [0.3, 0.4) is 0 Å². The number of phenolic OH excluding ortho intramolecular Hbond substituents is 1. The zero-order valence-electron chi connectivity index (χ0n) is 10.8. The van der Waals surface area contributed by atoms with Crippen molar-refractivity contribution in [1.29, 1.82) is 0 Å². The van der Waals surface area contributed by atoms with E-state index in [1.807, 2.05) is 29.9 Å². The molecule has 4 heteroatoms. The SMILES string of the molecule is CCC(NCc1ccnn1C)c1ccc(O)cc1. The van der Waals surface area contributed by atoms with Gasteiger partial charge in [-0.3, -0.25) is 4.68 Å². The van der Waals surface area contributed by atoms with Crippen LogP contribution in [0.1, 0.15) is 30.6 Å². The summed E-state index contributed by atoms with van der Waals surface area (Å²) in [6.45, 7) is 2.93. The Bertz CT molecular complexity index is 490. The number of nitrogens with zero attached hydrogens (tertiary/aromatic N) is 2. The summed E-state index contributed by atoms with van der Waals surface area (Å²) >= 11 is 0. The molecule has 1 aromatic carbocycles. The van der Waals surface area contributed by atoms with Crippen LogP contribution in [0.15, 0.2) is 36.5 Å². The van der Waals surface area contributed by atoms with Crippen LogP contribution in [0, 0.1) is 0 Å². The van der Waals surface area contributed by atoms with E-state index in [1.54, 1.807) is 18.3 Å². The predicted molar refractivity (Wildman–Crippen MR) is 71.2 cm³/mol. The average molecular weight is 245 g/mol. The minimum Gasteiger partial charge on any atom is -0.508 e. The summed E-state index contributed by atoms with van der Waals surface area (Å²) in [4.78, 5) is 0. The third-order valence-electron chi connectivity index (χ3n) is 3.16. The number of phenols is 1. The molecule has 0 aliphatic carbocycles. The van der Waals surface area contributed by atoms with Crippen LogP contribution in [0.5, 0.6) is 5.75 Å². The Balaban J connectivity index is 2.01. The maximum Gasteiger partial charge on any atom is 0.115 e. The summed E-state index contributed by atoms with van der Waals surface area (Å²) in [5, 5.41) is 16.9. The summed E-state index contributed by atoms with van der Waals surface area (Å²) < 4.78 is 1.87. The maximum absolute atomic E-state index is 9.30. The van der Waals surface area contributed by atoms with E-state index in [2.05, 4.69) is 17.3 Å². The Hall–Kier alpha value is -1.81. The first-order chi connectivity index (χ1) is 8.70. The Morgan fingerprint density at radius 2 is 2.00 bits per heavy atom. The Morgan fingerprint density at radius 3 is 2.56 bits per heavy atom. The fourth-order valence-electron chi connectivity index (χ4n) is 2.01. The normalized spacial score (nSPS) is 12.6. The average Bonchev–Trinajstić information content (AvgIpc) is 2.78. The molecule has 0 aliphatic heterocycles. The molecular weight excluding hydrogens is 226 g/mol. The molecule has 0 bridgehead atoms. The highest BCUT2D eigenvalue weighted by atomic mass is 16.3. The fourth-order valence-corrected chi connectivity index (χ4v) is 2.01. The van der Waals surface area contributed by atoms with Crippen LogP contribution < -0.4 is 5.32 Å². The van der Waals surface area contributed by atoms with Crippen LogP contribution in [0.2, 0.25) is 0 Å². The standard InChI is InChI=1S/C14H19N3O/c1-3-14(11-4-6-13(18)7-5-11)15-10-12-8-9-16-17(12)2/h4-9,14-15,18H,3,10H2,1-2H3. The van der Waals surface area contributed by atoms with Crippen LogP contribution in [0.4, 0.5) is 0 Å². The van der Waals surface area contributed by atoms with E-state index < -0.39 is 0 Å². The van der Waals surface area contributed by atoms with E-state index in [9.17, 15) is 5.11 Å². The molecule has 0 aliphatic rings. The highest BCUT2D eigenvalue weighted by molar-refractivity contribution is 5.28. The molecule has 96 valence electrons. The van der Waals surface area contributed by atoms with E-state index in [4.69, 9.17) is 0 Å². The van der Waals surface area contributed by atoms with Crippen molar-refractivity contribution in [1.82, 2.24) is 15.1 Å². The van der Waals surface area contributed by atoms with Gasteiger partial charge in [-0.2, -0.15) is 5.10 Å². The molecule has 1 atom stereocenters. The number of hydrogen-bond acceptors (Lipinski definition) is 3. The number of benzene rings is 1. The van der Waals surface area contributed by atoms with Crippen molar-refractivity contribution in [2.75, 3.05) is 0 Å². The van der Waals surface area contributed by atoms with Gasteiger partial charge in [0.2, 0.25) is 0 Å². The highest BCUT2D eigenvalue weighted by Gasteiger charge is 2.09. The third-order valence-corrected chi connectivity index (χ3v) is 3.16. The van der Waals surface area contributed by atoms with Gasteiger partial charge in [-0.15, -0.1) is 0 Å². The molecule has 0 saturated heterocycles. The van der Waals surface area contributed by atoms with Crippen molar-refractivity contribution in [3.05, 3.63) is 47.8 Å². The Kier molecular flexibility index (Phi) is 3.99. The predicted octanol–water partition coefficient (Wildman–Crippen LogP) is 2.37. The second-order valence-corrected chi connectivity index (χ2v) is 4.38. The molecule has 0 saturated carbocycles. The molecule has 18 heavy (non-hydrogen) atoms. The third kappa shape index (κ3) is 2.90. The Morgan fingerprint density at radius 1 is 1.28 bits per heavy atom. The summed E-state index contributed by atoms with van der Waals surface area (Å²) in [6.07, 6.45) is 2.81. The molecule has 1 aromatic heterocycles. The molecule has 1 heterocycles. The van der Waals surface area contributed by atoms with Gasteiger partial charge in [0, 0.05) is 25.8 Å². The maximum atomic E-state index is 9.30. The quantitative estimate of drug-likeness (QED) is 0.850. The summed E-state index contributed by atoms with van der Waals surface area (Å²) in [5.74, 6) is 0.306. The van der Waals surface area contributed by atoms with Crippen LogP contribution in [0.25, 0.3) is 0 Å². The van der Waals surface area contributed by atoms with Crippen molar-refractivity contribution < 1.29 is 5.11 Å². The zero-order valence-corrected chi connectivity index (χ0v) is 10.8. The molecule has 4 nitrogen and oxygen atoms in total. The smallest absolute Gasteiger partial charge is 0.115 e. The molecule has 0 radical (unpaired) electrons.